The molecule has 0 bridgehead atoms. The molecule has 1 spiro atoms. The fourth-order valence-corrected chi connectivity index (χ4v) is 5.07. The van der Waals surface area contributed by atoms with E-state index in [2.05, 4.69) is 0 Å². The molecule has 1 aliphatic carbocycles. The van der Waals surface area contributed by atoms with Crippen molar-refractivity contribution in [1.82, 2.24) is 9.80 Å². The van der Waals surface area contributed by atoms with Gasteiger partial charge in [0.1, 0.15) is 6.26 Å². The van der Waals surface area contributed by atoms with Gasteiger partial charge in [-0.3, -0.25) is 9.59 Å². The number of amides is 2. The minimum absolute atomic E-state index is 0.0516. The van der Waals surface area contributed by atoms with Crippen LogP contribution in [-0.4, -0.2) is 59.0 Å². The highest BCUT2D eigenvalue weighted by molar-refractivity contribution is 5.94. The molecule has 2 aliphatic heterocycles. The van der Waals surface area contributed by atoms with Crippen molar-refractivity contribution in [3.05, 3.63) is 24.2 Å². The summed E-state index contributed by atoms with van der Waals surface area (Å²) in [6.07, 6.45) is 9.11. The third-order valence-corrected chi connectivity index (χ3v) is 6.56. The second kappa shape index (κ2) is 7.06. The molecule has 6 heteroatoms. The Balaban J connectivity index is 1.49. The van der Waals surface area contributed by atoms with E-state index in [9.17, 15) is 14.7 Å². The van der Waals surface area contributed by atoms with Crippen molar-refractivity contribution in [1.29, 1.82) is 0 Å². The van der Waals surface area contributed by atoms with Crippen LogP contribution < -0.4 is 0 Å². The smallest absolute Gasteiger partial charge is 0.257 e. The highest BCUT2D eigenvalue weighted by Gasteiger charge is 2.48. The predicted octanol–water partition coefficient (Wildman–Crippen LogP) is 2.29. The highest BCUT2D eigenvalue weighted by atomic mass is 16.3. The third-order valence-electron chi connectivity index (χ3n) is 6.56. The van der Waals surface area contributed by atoms with Crippen molar-refractivity contribution < 1.29 is 19.1 Å². The van der Waals surface area contributed by atoms with Crippen LogP contribution in [0.4, 0.5) is 0 Å². The minimum atomic E-state index is -0.463. The molecule has 2 atom stereocenters. The van der Waals surface area contributed by atoms with Crippen LogP contribution in [0.25, 0.3) is 0 Å². The number of nitrogens with zero attached hydrogens (tertiary/aromatic N) is 2. The Morgan fingerprint density at radius 1 is 1.08 bits per heavy atom. The summed E-state index contributed by atoms with van der Waals surface area (Å²) < 4.78 is 5.04. The number of carbonyl (C=O) groups is 2. The molecule has 4 rings (SSSR count). The first-order chi connectivity index (χ1) is 12.6. The third kappa shape index (κ3) is 3.15. The SMILES string of the molecule is O=C(c1ccoc1)N1CC[C@@H](O)[C@]2(CCCN(C(=O)C3CCCC3)C2)C1. The number of hydrogen-bond acceptors (Lipinski definition) is 4. The zero-order chi connectivity index (χ0) is 18.1. The predicted molar refractivity (Wildman–Crippen MR) is 95.4 cm³/mol. The van der Waals surface area contributed by atoms with Crippen LogP contribution >= 0.6 is 0 Å². The fourth-order valence-electron chi connectivity index (χ4n) is 5.07. The van der Waals surface area contributed by atoms with Gasteiger partial charge in [0.25, 0.3) is 5.91 Å². The molecule has 2 saturated heterocycles. The maximum Gasteiger partial charge on any atom is 0.257 e. The first kappa shape index (κ1) is 17.6. The van der Waals surface area contributed by atoms with Gasteiger partial charge >= 0.3 is 0 Å². The summed E-state index contributed by atoms with van der Waals surface area (Å²) in [5, 5.41) is 10.8. The lowest BCUT2D eigenvalue weighted by Gasteiger charge is -2.51. The summed E-state index contributed by atoms with van der Waals surface area (Å²) in [6, 6.07) is 1.68. The lowest BCUT2D eigenvalue weighted by atomic mass is 9.71. The van der Waals surface area contributed by atoms with Crippen molar-refractivity contribution in [2.45, 2.75) is 51.0 Å². The lowest BCUT2D eigenvalue weighted by Crippen LogP contribution is -2.61. The van der Waals surface area contributed by atoms with E-state index in [1.54, 1.807) is 6.07 Å². The molecule has 3 heterocycles. The Morgan fingerprint density at radius 3 is 2.58 bits per heavy atom. The lowest BCUT2D eigenvalue weighted by molar-refractivity contribution is -0.144. The van der Waals surface area contributed by atoms with Crippen LogP contribution in [0.3, 0.4) is 0 Å². The van der Waals surface area contributed by atoms with Gasteiger partial charge in [-0.15, -0.1) is 0 Å². The van der Waals surface area contributed by atoms with E-state index in [1.165, 1.54) is 12.5 Å². The summed E-state index contributed by atoms with van der Waals surface area (Å²) in [7, 11) is 0. The Bertz CT molecular complexity index is 653. The number of aliphatic hydroxyl groups excluding tert-OH is 1. The quantitative estimate of drug-likeness (QED) is 0.878. The molecule has 0 aromatic carbocycles. The summed E-state index contributed by atoms with van der Waals surface area (Å²) in [6.45, 7) is 2.40. The Morgan fingerprint density at radius 2 is 1.85 bits per heavy atom. The first-order valence-corrected chi connectivity index (χ1v) is 9.87. The van der Waals surface area contributed by atoms with Crippen molar-refractivity contribution in [3.8, 4) is 0 Å². The summed E-state index contributed by atoms with van der Waals surface area (Å²) in [5.74, 6) is 0.367. The molecule has 0 unspecified atom stereocenters. The Kier molecular flexibility index (Phi) is 4.78. The van der Waals surface area contributed by atoms with Crippen molar-refractivity contribution in [3.63, 3.8) is 0 Å². The number of carbonyl (C=O) groups excluding carboxylic acids is 2. The molecule has 1 aromatic heterocycles. The number of aliphatic hydroxyl groups is 1. The molecule has 2 amide bonds. The van der Waals surface area contributed by atoms with E-state index < -0.39 is 11.5 Å². The van der Waals surface area contributed by atoms with Gasteiger partial charge < -0.3 is 19.3 Å². The van der Waals surface area contributed by atoms with E-state index in [1.807, 2.05) is 9.80 Å². The van der Waals surface area contributed by atoms with Crippen LogP contribution in [0.1, 0.15) is 55.3 Å². The second-order valence-corrected chi connectivity index (χ2v) is 8.25. The van der Waals surface area contributed by atoms with Gasteiger partial charge in [0.15, 0.2) is 0 Å². The van der Waals surface area contributed by atoms with Gasteiger partial charge in [-0.1, -0.05) is 12.8 Å². The highest BCUT2D eigenvalue weighted by Crippen LogP contribution is 2.40. The van der Waals surface area contributed by atoms with Crippen LogP contribution in [0.5, 0.6) is 0 Å². The molecule has 1 aromatic rings. The van der Waals surface area contributed by atoms with Gasteiger partial charge in [0.05, 0.1) is 17.9 Å². The zero-order valence-electron chi connectivity index (χ0n) is 15.2. The molecular weight excluding hydrogens is 332 g/mol. The standard InChI is InChI=1S/C20H28N2O4/c23-17-6-10-22(19(25)16-7-11-26-12-16)14-20(17)8-3-9-21(13-20)18(24)15-4-1-2-5-15/h7,11-12,15,17,23H,1-6,8-10,13-14H2/t17-,20+/m1/s1. The first-order valence-electron chi connectivity index (χ1n) is 9.87. The molecule has 1 saturated carbocycles. The van der Waals surface area contributed by atoms with Gasteiger partial charge in [0.2, 0.25) is 5.91 Å². The van der Waals surface area contributed by atoms with E-state index >= 15 is 0 Å². The van der Waals surface area contributed by atoms with Crippen molar-refractivity contribution >= 4 is 11.8 Å². The van der Waals surface area contributed by atoms with Gasteiger partial charge in [-0.05, 0) is 38.2 Å². The zero-order valence-corrected chi connectivity index (χ0v) is 15.2. The fraction of sp³-hybridized carbons (Fsp3) is 0.700. The number of piperidine rings is 2. The van der Waals surface area contributed by atoms with E-state index in [0.717, 1.165) is 45.1 Å². The maximum atomic E-state index is 12.9. The van der Waals surface area contributed by atoms with Gasteiger partial charge in [-0.2, -0.15) is 0 Å². The van der Waals surface area contributed by atoms with Crippen LogP contribution in [0, 0.1) is 11.3 Å². The second-order valence-electron chi connectivity index (χ2n) is 8.25. The van der Waals surface area contributed by atoms with Crippen LogP contribution in [0.15, 0.2) is 23.0 Å². The molecule has 1 N–H and O–H groups in total. The van der Waals surface area contributed by atoms with E-state index in [-0.39, 0.29) is 17.7 Å². The van der Waals surface area contributed by atoms with Gasteiger partial charge in [0, 0.05) is 37.5 Å². The molecular formula is C20H28N2O4. The van der Waals surface area contributed by atoms with E-state index in [4.69, 9.17) is 4.42 Å². The monoisotopic (exact) mass is 360 g/mol. The largest absolute Gasteiger partial charge is 0.472 e. The summed E-state index contributed by atoms with van der Waals surface area (Å²) in [4.78, 5) is 29.4. The normalized spacial score (nSPS) is 30.1. The molecule has 3 aliphatic rings. The molecule has 0 radical (unpaired) electrons. The molecule has 3 fully saturated rings. The number of likely N-dealkylation sites (tertiary alicyclic amines) is 2. The minimum Gasteiger partial charge on any atom is -0.472 e. The van der Waals surface area contributed by atoms with E-state index in [0.29, 0.717) is 31.6 Å². The number of furan rings is 1. The van der Waals surface area contributed by atoms with Crippen LogP contribution in [-0.2, 0) is 4.79 Å². The average Bonchev–Trinajstić information content (AvgIpc) is 3.37. The molecule has 6 nitrogen and oxygen atoms in total. The number of hydrogen-bond donors (Lipinski definition) is 1. The maximum absolute atomic E-state index is 12.9. The Labute approximate surface area is 154 Å². The Hall–Kier alpha value is -1.82. The molecule has 26 heavy (non-hydrogen) atoms. The summed E-state index contributed by atoms with van der Waals surface area (Å²) >= 11 is 0. The topological polar surface area (TPSA) is 74.0 Å². The van der Waals surface area contributed by atoms with Crippen LogP contribution in [0.2, 0.25) is 0 Å². The van der Waals surface area contributed by atoms with Crippen molar-refractivity contribution in [2.75, 3.05) is 26.2 Å². The van der Waals surface area contributed by atoms with Crippen molar-refractivity contribution in [2.24, 2.45) is 11.3 Å². The number of rotatable bonds is 2. The average molecular weight is 360 g/mol. The molecule has 142 valence electrons. The summed E-state index contributed by atoms with van der Waals surface area (Å²) in [5.41, 5.74) is 0.149. The van der Waals surface area contributed by atoms with Gasteiger partial charge in [-0.25, -0.2) is 0 Å².